The SMILES string of the molecule is CC(=O)N(C[C@H]1CCCN1CC[C@H]1CC1(Cl)Cl)C1CC1. The van der Waals surface area contributed by atoms with Gasteiger partial charge in [0.15, 0.2) is 0 Å². The Morgan fingerprint density at radius 3 is 2.60 bits per heavy atom. The van der Waals surface area contributed by atoms with Crippen LogP contribution in [0, 0.1) is 5.92 Å². The lowest BCUT2D eigenvalue weighted by atomic mass is 10.2. The molecule has 2 atom stereocenters. The third-order valence-corrected chi connectivity index (χ3v) is 5.94. The van der Waals surface area contributed by atoms with E-state index in [0.717, 1.165) is 32.5 Å². The number of rotatable bonds is 6. The number of hydrogen-bond donors (Lipinski definition) is 0. The normalized spacial score (nSPS) is 32.4. The minimum Gasteiger partial charge on any atom is -0.338 e. The van der Waals surface area contributed by atoms with E-state index in [0.29, 0.717) is 18.0 Å². The molecular formula is C15H24Cl2N2O. The fourth-order valence-corrected chi connectivity index (χ4v) is 4.04. The zero-order chi connectivity index (χ0) is 14.3. The van der Waals surface area contributed by atoms with E-state index in [2.05, 4.69) is 9.80 Å². The predicted molar refractivity (Wildman–Crippen MR) is 82.2 cm³/mol. The average Bonchev–Trinajstić information content (AvgIpc) is 3.25. The first-order valence-corrected chi connectivity index (χ1v) is 8.62. The maximum Gasteiger partial charge on any atom is 0.219 e. The second kappa shape index (κ2) is 5.66. The lowest BCUT2D eigenvalue weighted by molar-refractivity contribution is -0.130. The number of carbonyl (C=O) groups is 1. The summed E-state index contributed by atoms with van der Waals surface area (Å²) in [6.07, 6.45) is 6.88. The molecule has 0 spiro atoms. The van der Waals surface area contributed by atoms with Crippen molar-refractivity contribution in [3.8, 4) is 0 Å². The lowest BCUT2D eigenvalue weighted by Crippen LogP contribution is -2.43. The Morgan fingerprint density at radius 1 is 1.35 bits per heavy atom. The Balaban J connectivity index is 1.48. The van der Waals surface area contributed by atoms with Gasteiger partial charge < -0.3 is 4.90 Å². The van der Waals surface area contributed by atoms with Crippen LogP contribution in [-0.4, -0.2) is 51.8 Å². The summed E-state index contributed by atoms with van der Waals surface area (Å²) in [4.78, 5) is 16.4. The van der Waals surface area contributed by atoms with Crippen LogP contribution < -0.4 is 0 Å². The molecule has 3 rings (SSSR count). The van der Waals surface area contributed by atoms with Crippen LogP contribution in [0.15, 0.2) is 0 Å². The number of likely N-dealkylation sites (tertiary alicyclic amines) is 1. The van der Waals surface area contributed by atoms with Crippen molar-refractivity contribution in [1.82, 2.24) is 9.80 Å². The summed E-state index contributed by atoms with van der Waals surface area (Å²) in [5.41, 5.74) is 0. The molecule has 3 fully saturated rings. The smallest absolute Gasteiger partial charge is 0.219 e. The van der Waals surface area contributed by atoms with Crippen molar-refractivity contribution < 1.29 is 4.79 Å². The molecule has 1 amide bonds. The molecule has 3 aliphatic rings. The van der Waals surface area contributed by atoms with Gasteiger partial charge in [-0.15, -0.1) is 23.2 Å². The van der Waals surface area contributed by atoms with E-state index in [1.165, 1.54) is 25.7 Å². The number of amides is 1. The summed E-state index contributed by atoms with van der Waals surface area (Å²) in [5, 5.41) is 0. The highest BCUT2D eigenvalue weighted by Gasteiger charge is 2.51. The summed E-state index contributed by atoms with van der Waals surface area (Å²) in [6, 6.07) is 1.06. The van der Waals surface area contributed by atoms with Gasteiger partial charge in [-0.05, 0) is 57.5 Å². The van der Waals surface area contributed by atoms with Crippen LogP contribution >= 0.6 is 23.2 Å². The van der Waals surface area contributed by atoms with E-state index in [1.54, 1.807) is 6.92 Å². The van der Waals surface area contributed by atoms with E-state index < -0.39 is 4.33 Å². The van der Waals surface area contributed by atoms with Crippen LogP contribution in [0.4, 0.5) is 0 Å². The highest BCUT2D eigenvalue weighted by Crippen LogP contribution is 2.55. The first-order chi connectivity index (χ1) is 9.47. The molecular weight excluding hydrogens is 295 g/mol. The molecule has 2 saturated carbocycles. The summed E-state index contributed by atoms with van der Waals surface area (Å²) >= 11 is 12.2. The number of nitrogens with zero attached hydrogens (tertiary/aromatic N) is 2. The Labute approximate surface area is 131 Å². The van der Waals surface area contributed by atoms with Gasteiger partial charge >= 0.3 is 0 Å². The molecule has 0 aromatic rings. The minimum atomic E-state index is -0.450. The van der Waals surface area contributed by atoms with E-state index >= 15 is 0 Å². The number of halogens is 2. The number of carbonyl (C=O) groups excluding carboxylic acids is 1. The van der Waals surface area contributed by atoms with E-state index in [-0.39, 0.29) is 5.91 Å². The van der Waals surface area contributed by atoms with Crippen molar-refractivity contribution >= 4 is 29.1 Å². The first kappa shape index (κ1) is 14.9. The summed E-state index contributed by atoms with van der Waals surface area (Å²) in [6.45, 7) is 4.85. The third-order valence-electron chi connectivity index (χ3n) is 5.02. The highest BCUT2D eigenvalue weighted by molar-refractivity contribution is 6.50. The predicted octanol–water partition coefficient (Wildman–Crippen LogP) is 3.05. The Kier molecular flexibility index (Phi) is 4.22. The second-order valence-electron chi connectivity index (χ2n) is 6.69. The molecule has 114 valence electrons. The third kappa shape index (κ3) is 3.42. The molecule has 0 aromatic carbocycles. The summed E-state index contributed by atoms with van der Waals surface area (Å²) in [5.74, 6) is 0.710. The molecule has 5 heteroatoms. The molecule has 0 radical (unpaired) electrons. The van der Waals surface area contributed by atoms with Gasteiger partial charge in [0.2, 0.25) is 5.91 Å². The monoisotopic (exact) mass is 318 g/mol. The van der Waals surface area contributed by atoms with Gasteiger partial charge in [-0.3, -0.25) is 9.69 Å². The molecule has 2 aliphatic carbocycles. The lowest BCUT2D eigenvalue weighted by Gasteiger charge is -2.30. The molecule has 0 unspecified atom stereocenters. The zero-order valence-corrected chi connectivity index (χ0v) is 13.7. The first-order valence-electron chi connectivity index (χ1n) is 7.86. The molecule has 0 aromatic heterocycles. The van der Waals surface area contributed by atoms with E-state index in [4.69, 9.17) is 23.2 Å². The van der Waals surface area contributed by atoms with E-state index in [1.807, 2.05) is 0 Å². The molecule has 1 heterocycles. The van der Waals surface area contributed by atoms with Crippen LogP contribution in [0.5, 0.6) is 0 Å². The molecule has 0 N–H and O–H groups in total. The molecule has 0 bridgehead atoms. The fraction of sp³-hybridized carbons (Fsp3) is 0.933. The van der Waals surface area contributed by atoms with Crippen LogP contribution in [0.2, 0.25) is 0 Å². The van der Waals surface area contributed by atoms with Gasteiger partial charge in [0.1, 0.15) is 4.33 Å². The van der Waals surface area contributed by atoms with Gasteiger partial charge in [0.25, 0.3) is 0 Å². The fourth-order valence-electron chi connectivity index (χ4n) is 3.45. The van der Waals surface area contributed by atoms with Crippen molar-refractivity contribution in [3.05, 3.63) is 0 Å². The van der Waals surface area contributed by atoms with Gasteiger partial charge in [-0.25, -0.2) is 0 Å². The van der Waals surface area contributed by atoms with Gasteiger partial charge in [-0.1, -0.05) is 0 Å². The number of hydrogen-bond acceptors (Lipinski definition) is 2. The zero-order valence-electron chi connectivity index (χ0n) is 12.2. The summed E-state index contributed by atoms with van der Waals surface area (Å²) < 4.78 is -0.450. The van der Waals surface area contributed by atoms with Crippen molar-refractivity contribution in [1.29, 1.82) is 0 Å². The largest absolute Gasteiger partial charge is 0.338 e. The van der Waals surface area contributed by atoms with Crippen LogP contribution in [-0.2, 0) is 4.79 Å². The standard InChI is InChI=1S/C15H24Cl2N2O/c1-11(20)19(13-4-5-13)10-14-3-2-7-18(14)8-6-12-9-15(12,16)17/h12-14H,2-10H2,1H3/t12-,14+/m0/s1. The van der Waals surface area contributed by atoms with Crippen molar-refractivity contribution in [2.75, 3.05) is 19.6 Å². The van der Waals surface area contributed by atoms with Crippen molar-refractivity contribution in [2.24, 2.45) is 5.92 Å². The van der Waals surface area contributed by atoms with E-state index in [9.17, 15) is 4.79 Å². The number of alkyl halides is 2. The molecule has 3 nitrogen and oxygen atoms in total. The van der Waals surface area contributed by atoms with Crippen molar-refractivity contribution in [2.45, 2.75) is 61.9 Å². The Morgan fingerprint density at radius 2 is 2.05 bits per heavy atom. The van der Waals surface area contributed by atoms with Crippen LogP contribution in [0.25, 0.3) is 0 Å². The average molecular weight is 319 g/mol. The van der Waals surface area contributed by atoms with Gasteiger partial charge in [0, 0.05) is 25.6 Å². The van der Waals surface area contributed by atoms with Gasteiger partial charge in [-0.2, -0.15) is 0 Å². The molecule has 20 heavy (non-hydrogen) atoms. The Bertz CT molecular complexity index is 384. The van der Waals surface area contributed by atoms with Gasteiger partial charge in [0.05, 0.1) is 0 Å². The topological polar surface area (TPSA) is 23.6 Å². The summed E-state index contributed by atoms with van der Waals surface area (Å²) in [7, 11) is 0. The highest BCUT2D eigenvalue weighted by atomic mass is 35.5. The quantitative estimate of drug-likeness (QED) is 0.703. The minimum absolute atomic E-state index is 0.238. The molecule has 1 aliphatic heterocycles. The second-order valence-corrected chi connectivity index (χ2v) is 8.23. The van der Waals surface area contributed by atoms with Crippen LogP contribution in [0.1, 0.15) is 45.4 Å². The maximum atomic E-state index is 11.8. The van der Waals surface area contributed by atoms with Crippen LogP contribution in [0.3, 0.4) is 0 Å². The Hall–Kier alpha value is 0.01000. The maximum absolute atomic E-state index is 11.8. The van der Waals surface area contributed by atoms with Crippen molar-refractivity contribution in [3.63, 3.8) is 0 Å². The molecule has 1 saturated heterocycles.